The van der Waals surface area contributed by atoms with Crippen molar-refractivity contribution >= 4 is 22.6 Å². The van der Waals surface area contributed by atoms with Gasteiger partial charge in [0.25, 0.3) is 0 Å². The second-order valence-corrected chi connectivity index (χ2v) is 6.00. The average molecular weight is 297 g/mol. The summed E-state index contributed by atoms with van der Waals surface area (Å²) in [4.78, 5) is 22.9. The Hall–Kier alpha value is -2.36. The monoisotopic (exact) mass is 297 g/mol. The fourth-order valence-corrected chi connectivity index (χ4v) is 2.87. The van der Waals surface area contributed by atoms with Gasteiger partial charge in [0.1, 0.15) is 0 Å². The fourth-order valence-electron chi connectivity index (χ4n) is 2.87. The number of carbonyl (C=O) groups is 2. The minimum Gasteiger partial charge on any atom is -0.481 e. The van der Waals surface area contributed by atoms with E-state index < -0.39 is 11.9 Å². The summed E-state index contributed by atoms with van der Waals surface area (Å²) in [5, 5.41) is 14.0. The van der Waals surface area contributed by atoms with Crippen molar-refractivity contribution in [1.82, 2.24) is 5.32 Å². The molecule has 0 saturated heterocycles. The fraction of sp³-hybridized carbons (Fsp3) is 0.333. The summed E-state index contributed by atoms with van der Waals surface area (Å²) in [7, 11) is 0. The molecule has 0 spiro atoms. The number of carboxylic acids is 1. The van der Waals surface area contributed by atoms with Gasteiger partial charge in [-0.3, -0.25) is 9.59 Å². The van der Waals surface area contributed by atoms with Crippen LogP contribution in [-0.2, 0) is 9.59 Å². The van der Waals surface area contributed by atoms with Gasteiger partial charge in [-0.2, -0.15) is 0 Å². The molecular weight excluding hydrogens is 278 g/mol. The Labute approximate surface area is 129 Å². The van der Waals surface area contributed by atoms with Crippen LogP contribution >= 0.6 is 0 Å². The molecule has 2 aromatic carbocycles. The lowest BCUT2D eigenvalue weighted by molar-refractivity contribution is -0.141. The molecule has 0 radical (unpaired) electrons. The van der Waals surface area contributed by atoms with Crippen molar-refractivity contribution in [2.75, 3.05) is 6.54 Å². The van der Waals surface area contributed by atoms with Crippen molar-refractivity contribution in [3.63, 3.8) is 0 Å². The number of hydrogen-bond donors (Lipinski definition) is 2. The summed E-state index contributed by atoms with van der Waals surface area (Å²) in [6.07, 6.45) is 0.835. The summed E-state index contributed by atoms with van der Waals surface area (Å²) >= 11 is 0. The largest absolute Gasteiger partial charge is 0.481 e. The number of nitrogens with one attached hydrogen (secondary N) is 1. The van der Waals surface area contributed by atoms with Crippen molar-refractivity contribution in [3.05, 3.63) is 48.0 Å². The molecule has 0 bridgehead atoms. The van der Waals surface area contributed by atoms with E-state index >= 15 is 0 Å². The Balaban J connectivity index is 1.68. The highest BCUT2D eigenvalue weighted by atomic mass is 16.4. The molecule has 1 fully saturated rings. The number of carboxylic acid groups (broad SMARTS) is 1. The summed E-state index contributed by atoms with van der Waals surface area (Å²) in [6.45, 7) is 1.78. The molecule has 114 valence electrons. The number of amides is 1. The number of carbonyl (C=O) groups excluding carboxylic acids is 1. The maximum atomic E-state index is 12.1. The van der Waals surface area contributed by atoms with Crippen molar-refractivity contribution in [2.45, 2.75) is 19.3 Å². The van der Waals surface area contributed by atoms with Crippen LogP contribution in [0.3, 0.4) is 0 Å². The highest BCUT2D eigenvalue weighted by Gasteiger charge is 2.44. The van der Waals surface area contributed by atoms with Crippen LogP contribution in [0.15, 0.2) is 42.5 Å². The first kappa shape index (κ1) is 14.6. The molecule has 1 aliphatic carbocycles. The zero-order chi connectivity index (χ0) is 15.7. The molecule has 22 heavy (non-hydrogen) atoms. The molecule has 2 N–H and O–H groups in total. The second-order valence-electron chi connectivity index (χ2n) is 6.00. The van der Waals surface area contributed by atoms with E-state index in [-0.39, 0.29) is 24.3 Å². The van der Waals surface area contributed by atoms with E-state index in [2.05, 4.69) is 29.6 Å². The SMILES string of the molecule is CC(CNC(=O)C1CC1c1cccc2ccccc12)C(=O)O. The van der Waals surface area contributed by atoms with Crippen LogP contribution < -0.4 is 5.32 Å². The van der Waals surface area contributed by atoms with Gasteiger partial charge in [0, 0.05) is 12.5 Å². The highest BCUT2D eigenvalue weighted by molar-refractivity contribution is 5.89. The van der Waals surface area contributed by atoms with Crippen LogP contribution in [0.2, 0.25) is 0 Å². The topological polar surface area (TPSA) is 66.4 Å². The van der Waals surface area contributed by atoms with E-state index in [9.17, 15) is 9.59 Å². The summed E-state index contributed by atoms with van der Waals surface area (Å²) in [5.41, 5.74) is 1.21. The van der Waals surface area contributed by atoms with Gasteiger partial charge in [-0.15, -0.1) is 0 Å². The Morgan fingerprint density at radius 2 is 1.95 bits per heavy atom. The highest BCUT2D eigenvalue weighted by Crippen LogP contribution is 2.49. The third-order valence-electron chi connectivity index (χ3n) is 4.35. The minimum absolute atomic E-state index is 0.0354. The lowest BCUT2D eigenvalue weighted by Gasteiger charge is -2.09. The standard InChI is InChI=1S/C18H19NO3/c1-11(18(21)22)10-19-17(20)16-9-15(16)14-8-4-6-12-5-2-3-7-13(12)14/h2-8,11,15-16H,9-10H2,1H3,(H,19,20)(H,21,22). The first-order valence-corrected chi connectivity index (χ1v) is 7.56. The molecule has 1 aliphatic rings. The van der Waals surface area contributed by atoms with Crippen LogP contribution in [0, 0.1) is 11.8 Å². The molecular formula is C18H19NO3. The lowest BCUT2D eigenvalue weighted by Crippen LogP contribution is -2.32. The number of aliphatic carboxylic acids is 1. The van der Waals surface area contributed by atoms with Gasteiger partial charge in [0.2, 0.25) is 5.91 Å². The van der Waals surface area contributed by atoms with Crippen molar-refractivity contribution in [1.29, 1.82) is 0 Å². The second kappa shape index (κ2) is 5.79. The van der Waals surface area contributed by atoms with E-state index in [0.717, 1.165) is 6.42 Å². The molecule has 0 heterocycles. The van der Waals surface area contributed by atoms with Gasteiger partial charge in [-0.05, 0) is 28.7 Å². The van der Waals surface area contributed by atoms with Crippen molar-refractivity contribution in [2.24, 2.45) is 11.8 Å². The van der Waals surface area contributed by atoms with Gasteiger partial charge in [0.15, 0.2) is 0 Å². The number of rotatable bonds is 5. The Morgan fingerprint density at radius 3 is 2.73 bits per heavy atom. The quantitative estimate of drug-likeness (QED) is 0.892. The van der Waals surface area contributed by atoms with E-state index in [1.165, 1.54) is 16.3 Å². The van der Waals surface area contributed by atoms with E-state index in [1.807, 2.05) is 18.2 Å². The van der Waals surface area contributed by atoms with Crippen molar-refractivity contribution in [3.8, 4) is 0 Å². The van der Waals surface area contributed by atoms with Gasteiger partial charge >= 0.3 is 5.97 Å². The first-order valence-electron chi connectivity index (χ1n) is 7.56. The summed E-state index contributed by atoms with van der Waals surface area (Å²) in [6, 6.07) is 14.4. The first-order chi connectivity index (χ1) is 10.6. The van der Waals surface area contributed by atoms with Crippen LogP contribution in [-0.4, -0.2) is 23.5 Å². The number of fused-ring (bicyclic) bond motifs is 1. The Kier molecular flexibility index (Phi) is 3.84. The summed E-state index contributed by atoms with van der Waals surface area (Å²) in [5.74, 6) is -1.27. The predicted octanol–water partition coefficient (Wildman–Crippen LogP) is 2.78. The van der Waals surface area contributed by atoms with Crippen LogP contribution in [0.5, 0.6) is 0 Å². The third kappa shape index (κ3) is 2.82. The maximum absolute atomic E-state index is 12.1. The predicted molar refractivity (Wildman–Crippen MR) is 84.6 cm³/mol. The number of hydrogen-bond acceptors (Lipinski definition) is 2. The zero-order valence-electron chi connectivity index (χ0n) is 12.5. The van der Waals surface area contributed by atoms with Crippen LogP contribution in [0.25, 0.3) is 10.8 Å². The molecule has 2 aromatic rings. The molecule has 1 amide bonds. The van der Waals surface area contributed by atoms with Crippen LogP contribution in [0.4, 0.5) is 0 Å². The van der Waals surface area contributed by atoms with E-state index in [0.29, 0.717) is 0 Å². The lowest BCUT2D eigenvalue weighted by atomic mass is 10.00. The van der Waals surface area contributed by atoms with E-state index in [1.54, 1.807) is 6.92 Å². The van der Waals surface area contributed by atoms with E-state index in [4.69, 9.17) is 5.11 Å². The van der Waals surface area contributed by atoms with Gasteiger partial charge in [-0.25, -0.2) is 0 Å². The summed E-state index contributed by atoms with van der Waals surface area (Å²) < 4.78 is 0. The number of benzene rings is 2. The minimum atomic E-state index is -0.887. The molecule has 4 heteroatoms. The smallest absolute Gasteiger partial charge is 0.308 e. The molecule has 3 unspecified atom stereocenters. The zero-order valence-corrected chi connectivity index (χ0v) is 12.5. The average Bonchev–Trinajstić information content (AvgIpc) is 3.32. The normalized spacial score (nSPS) is 21.3. The van der Waals surface area contributed by atoms with Gasteiger partial charge in [-0.1, -0.05) is 49.4 Å². The molecule has 0 aliphatic heterocycles. The Bertz CT molecular complexity index is 720. The maximum Gasteiger partial charge on any atom is 0.308 e. The third-order valence-corrected chi connectivity index (χ3v) is 4.35. The van der Waals surface area contributed by atoms with Crippen LogP contribution in [0.1, 0.15) is 24.8 Å². The Morgan fingerprint density at radius 1 is 1.23 bits per heavy atom. The molecule has 4 nitrogen and oxygen atoms in total. The molecule has 3 atom stereocenters. The van der Waals surface area contributed by atoms with Gasteiger partial charge < -0.3 is 10.4 Å². The molecule has 3 rings (SSSR count). The molecule has 0 aromatic heterocycles. The van der Waals surface area contributed by atoms with Gasteiger partial charge in [0.05, 0.1) is 5.92 Å². The molecule has 1 saturated carbocycles. The van der Waals surface area contributed by atoms with Crippen molar-refractivity contribution < 1.29 is 14.7 Å².